The highest BCUT2D eigenvalue weighted by molar-refractivity contribution is 5.79. The van der Waals surface area contributed by atoms with E-state index in [1.165, 1.54) is 5.56 Å². The number of hydrogen-bond donors (Lipinski definition) is 3. The Kier molecular flexibility index (Phi) is 6.04. The maximum absolute atomic E-state index is 13.2. The molecule has 4 aliphatic rings. The van der Waals surface area contributed by atoms with Crippen LogP contribution in [0.15, 0.2) is 12.1 Å². The minimum atomic E-state index is -0.709. The van der Waals surface area contributed by atoms with Crippen LogP contribution in [0.2, 0.25) is 0 Å². The third kappa shape index (κ3) is 3.62. The molecule has 0 unspecified atom stereocenters. The second-order valence-electron chi connectivity index (χ2n) is 11.9. The molecule has 2 fully saturated rings. The van der Waals surface area contributed by atoms with Crippen molar-refractivity contribution in [3.63, 3.8) is 0 Å². The molecule has 1 aromatic rings. The molecule has 9 heteroatoms. The van der Waals surface area contributed by atoms with Crippen molar-refractivity contribution in [1.29, 1.82) is 0 Å². The quantitative estimate of drug-likeness (QED) is 0.483. The van der Waals surface area contributed by atoms with E-state index in [0.29, 0.717) is 12.2 Å². The zero-order valence-corrected chi connectivity index (χ0v) is 21.9. The Labute approximate surface area is 212 Å². The molecule has 5 rings (SSSR count). The van der Waals surface area contributed by atoms with Gasteiger partial charge in [0.15, 0.2) is 11.5 Å². The number of benzene rings is 1. The van der Waals surface area contributed by atoms with Gasteiger partial charge in [0, 0.05) is 31.2 Å². The number of methoxy groups -OCH3 is 1. The summed E-state index contributed by atoms with van der Waals surface area (Å²) in [6.45, 7) is 6.35. The van der Waals surface area contributed by atoms with Gasteiger partial charge in [-0.25, -0.2) is 0 Å². The van der Waals surface area contributed by atoms with E-state index in [-0.39, 0.29) is 36.8 Å². The maximum Gasteiger partial charge on any atom is 0.323 e. The van der Waals surface area contributed by atoms with Crippen molar-refractivity contribution in [1.82, 2.24) is 10.2 Å². The molecule has 36 heavy (non-hydrogen) atoms. The zero-order valence-electron chi connectivity index (χ0n) is 21.9. The van der Waals surface area contributed by atoms with E-state index in [2.05, 4.69) is 17.3 Å². The predicted molar refractivity (Wildman–Crippen MR) is 133 cm³/mol. The number of carbonyl (C=O) groups is 2. The zero-order chi connectivity index (χ0) is 26.0. The first kappa shape index (κ1) is 25.3. The number of ether oxygens (including phenoxy) is 3. The number of phenolic OH excluding ortho intramolecular Hbond substituents is 1. The van der Waals surface area contributed by atoms with Crippen LogP contribution in [0.3, 0.4) is 0 Å². The molecule has 4 N–H and O–H groups in total. The van der Waals surface area contributed by atoms with Gasteiger partial charge in [-0.05, 0) is 78.1 Å². The second-order valence-corrected chi connectivity index (χ2v) is 11.9. The smallest absolute Gasteiger partial charge is 0.323 e. The van der Waals surface area contributed by atoms with Crippen LogP contribution in [0.4, 0.5) is 0 Å². The topological polar surface area (TPSA) is 123 Å². The number of hydrogen-bond acceptors (Lipinski definition) is 8. The number of nitrogens with one attached hydrogen (secondary N) is 1. The highest BCUT2D eigenvalue weighted by Gasteiger charge is 2.73. The molecule has 1 amide bonds. The van der Waals surface area contributed by atoms with Crippen molar-refractivity contribution in [2.75, 3.05) is 20.7 Å². The lowest BCUT2D eigenvalue weighted by Crippen LogP contribution is -2.78. The molecule has 1 saturated carbocycles. The minimum Gasteiger partial charge on any atom is -0.504 e. The van der Waals surface area contributed by atoms with Crippen LogP contribution in [-0.4, -0.2) is 78.0 Å². The third-order valence-electron chi connectivity index (χ3n) is 8.84. The molecule has 1 spiro atoms. The average molecular weight is 502 g/mol. The number of likely N-dealkylation sites (N-methyl/N-ethyl adjacent to an activating group) is 1. The van der Waals surface area contributed by atoms with Crippen molar-refractivity contribution in [3.05, 3.63) is 23.3 Å². The van der Waals surface area contributed by atoms with Gasteiger partial charge in [-0.2, -0.15) is 0 Å². The van der Waals surface area contributed by atoms with E-state index in [1.807, 2.05) is 26.8 Å². The highest BCUT2D eigenvalue weighted by Crippen LogP contribution is 2.66. The summed E-state index contributed by atoms with van der Waals surface area (Å²) in [4.78, 5) is 27.1. The summed E-state index contributed by atoms with van der Waals surface area (Å²) in [7, 11) is 3.95. The predicted octanol–water partition coefficient (Wildman–Crippen LogP) is 1.76. The molecule has 1 aromatic carbocycles. The van der Waals surface area contributed by atoms with E-state index in [4.69, 9.17) is 19.9 Å². The Morgan fingerprint density at radius 1 is 1.33 bits per heavy atom. The van der Waals surface area contributed by atoms with Crippen LogP contribution in [0.25, 0.3) is 0 Å². The molecule has 198 valence electrons. The monoisotopic (exact) mass is 501 g/mol. The number of phenols is 1. The first-order valence-corrected chi connectivity index (χ1v) is 13.0. The van der Waals surface area contributed by atoms with Gasteiger partial charge >= 0.3 is 5.97 Å². The standard InChI is InChI=1S/C27H39N3O6/c1-25(2,3)36-24(33)17(7-9-20(28)32)29-16-10-11-27(34-5)19-14-15-6-8-18(31)22-21(15)26(27,23(16)35-22)12-13-30(19)4/h6,8,16-17,19,23,29,31H,7,9-14H2,1-5H3,(H2,28,32)/t16-,17-,19+,23-,26-,27+/m0/s1. The number of amides is 1. The van der Waals surface area contributed by atoms with Crippen LogP contribution in [0.5, 0.6) is 11.5 Å². The maximum atomic E-state index is 13.2. The van der Waals surface area contributed by atoms with Gasteiger partial charge in [-0.15, -0.1) is 0 Å². The van der Waals surface area contributed by atoms with Crippen molar-refractivity contribution in [3.8, 4) is 11.5 Å². The fourth-order valence-corrected chi connectivity index (χ4v) is 7.50. The number of rotatable bonds is 7. The minimum absolute atomic E-state index is 0.0698. The van der Waals surface area contributed by atoms with E-state index in [0.717, 1.165) is 31.4 Å². The van der Waals surface area contributed by atoms with Crippen molar-refractivity contribution in [2.45, 2.75) is 100 Å². The number of piperidine rings is 1. The first-order chi connectivity index (χ1) is 16.9. The van der Waals surface area contributed by atoms with Gasteiger partial charge in [0.1, 0.15) is 17.7 Å². The summed E-state index contributed by atoms with van der Waals surface area (Å²) in [5.41, 5.74) is 6.09. The molecule has 6 atom stereocenters. The van der Waals surface area contributed by atoms with Gasteiger partial charge in [-0.1, -0.05) is 6.07 Å². The molecular formula is C27H39N3O6. The number of nitrogens with two attached hydrogens (primary N) is 1. The van der Waals surface area contributed by atoms with Crippen LogP contribution < -0.4 is 15.8 Å². The summed E-state index contributed by atoms with van der Waals surface area (Å²) in [6, 6.07) is 3.00. The molecule has 2 heterocycles. The SMILES string of the molecule is CO[C@@]12CC[C@H](N[C@@H](CCC(N)=O)C(=O)OC(C)(C)C)[C@@H]3Oc4c(O)ccc5c4[C@@]31CCN(C)[C@@H]2C5. The first-order valence-electron chi connectivity index (χ1n) is 13.0. The average Bonchev–Trinajstić information content (AvgIpc) is 3.16. The Morgan fingerprint density at radius 3 is 2.75 bits per heavy atom. The van der Waals surface area contributed by atoms with Gasteiger partial charge in [0.25, 0.3) is 0 Å². The number of primary amides is 1. The van der Waals surface area contributed by atoms with Crippen molar-refractivity contribution < 1.29 is 28.9 Å². The summed E-state index contributed by atoms with van der Waals surface area (Å²) in [6.07, 6.45) is 3.11. The van der Waals surface area contributed by atoms with Crippen LogP contribution in [-0.2, 0) is 30.9 Å². The van der Waals surface area contributed by atoms with Crippen LogP contribution in [0, 0.1) is 0 Å². The van der Waals surface area contributed by atoms with Crippen molar-refractivity contribution >= 4 is 11.9 Å². The molecule has 2 bridgehead atoms. The summed E-state index contributed by atoms with van der Waals surface area (Å²) < 4.78 is 18.8. The molecule has 2 aliphatic heterocycles. The van der Waals surface area contributed by atoms with Gasteiger partial charge in [0.05, 0.1) is 11.0 Å². The lowest BCUT2D eigenvalue weighted by Gasteiger charge is -2.65. The van der Waals surface area contributed by atoms with Gasteiger partial charge in [-0.3, -0.25) is 14.9 Å². The number of carbonyl (C=O) groups excluding carboxylic acids is 2. The summed E-state index contributed by atoms with van der Waals surface area (Å²) in [5.74, 6) is -0.193. The lowest BCUT2D eigenvalue weighted by molar-refractivity contribution is -0.204. The Hall–Kier alpha value is -2.36. The lowest BCUT2D eigenvalue weighted by atomic mass is 9.48. The molecule has 1 saturated heterocycles. The Morgan fingerprint density at radius 2 is 2.08 bits per heavy atom. The number of aromatic hydroxyl groups is 1. The van der Waals surface area contributed by atoms with E-state index >= 15 is 0 Å². The number of nitrogens with zero attached hydrogens (tertiary/aromatic N) is 1. The largest absolute Gasteiger partial charge is 0.504 e. The second kappa shape index (κ2) is 8.60. The highest BCUT2D eigenvalue weighted by atomic mass is 16.6. The van der Waals surface area contributed by atoms with Gasteiger partial charge < -0.3 is 30.0 Å². The third-order valence-corrected chi connectivity index (χ3v) is 8.84. The normalized spacial score (nSPS) is 33.4. The summed E-state index contributed by atoms with van der Waals surface area (Å²) >= 11 is 0. The van der Waals surface area contributed by atoms with E-state index < -0.39 is 34.5 Å². The van der Waals surface area contributed by atoms with Crippen LogP contribution in [0.1, 0.15) is 64.0 Å². The molecular weight excluding hydrogens is 462 g/mol. The molecule has 2 aliphatic carbocycles. The fourth-order valence-electron chi connectivity index (χ4n) is 7.50. The fraction of sp³-hybridized carbons (Fsp3) is 0.704. The van der Waals surface area contributed by atoms with Crippen molar-refractivity contribution in [2.24, 2.45) is 5.73 Å². The van der Waals surface area contributed by atoms with Crippen LogP contribution >= 0.6 is 0 Å². The van der Waals surface area contributed by atoms with E-state index in [9.17, 15) is 14.7 Å². The summed E-state index contributed by atoms with van der Waals surface area (Å²) in [5, 5.41) is 14.3. The number of likely N-dealkylation sites (tertiary alicyclic amines) is 1. The molecule has 0 aromatic heterocycles. The Balaban J connectivity index is 1.54. The van der Waals surface area contributed by atoms with Gasteiger partial charge in [0.2, 0.25) is 5.91 Å². The molecule has 9 nitrogen and oxygen atoms in total. The molecule has 0 radical (unpaired) electrons. The Bertz CT molecular complexity index is 1070. The van der Waals surface area contributed by atoms with E-state index in [1.54, 1.807) is 13.2 Å². The number of esters is 1.